The molecule has 1 saturated heterocycles. The van der Waals surface area contributed by atoms with Gasteiger partial charge in [0.25, 0.3) is 5.91 Å². The number of nitrogens with one attached hydrogen (secondary N) is 1. The van der Waals surface area contributed by atoms with Crippen LogP contribution in [0.4, 0.5) is 0 Å². The van der Waals surface area contributed by atoms with E-state index in [2.05, 4.69) is 17.4 Å². The molecule has 1 aromatic carbocycles. The third kappa shape index (κ3) is 3.98. The molecule has 2 rings (SSSR count). The largest absolute Gasteiger partial charge is 0.304 e. The van der Waals surface area contributed by atoms with Crippen molar-refractivity contribution in [2.75, 3.05) is 33.2 Å². The zero-order valence-corrected chi connectivity index (χ0v) is 10.7. The molecule has 4 nitrogen and oxygen atoms in total. The number of benzene rings is 1. The molecule has 96 valence electrons. The average Bonchev–Trinajstić information content (AvgIpc) is 2.40. The maximum atomic E-state index is 11.7. The van der Waals surface area contributed by atoms with Gasteiger partial charge in [0.15, 0.2) is 0 Å². The van der Waals surface area contributed by atoms with Gasteiger partial charge in [0.05, 0.1) is 0 Å². The molecule has 18 heavy (non-hydrogen) atoms. The number of carbonyl (C=O) groups is 1. The number of rotatable bonds is 3. The number of carbonyl (C=O) groups excluding carboxylic acids is 1. The average molecular weight is 245 g/mol. The summed E-state index contributed by atoms with van der Waals surface area (Å²) in [5.74, 6) is -0.0663. The van der Waals surface area contributed by atoms with Gasteiger partial charge < -0.3 is 4.90 Å². The van der Waals surface area contributed by atoms with Crippen molar-refractivity contribution in [2.45, 2.75) is 0 Å². The summed E-state index contributed by atoms with van der Waals surface area (Å²) in [6.07, 6.45) is 3.40. The van der Waals surface area contributed by atoms with Gasteiger partial charge in [-0.1, -0.05) is 30.3 Å². The van der Waals surface area contributed by atoms with Gasteiger partial charge in [-0.3, -0.25) is 10.2 Å². The molecular weight excluding hydrogens is 226 g/mol. The minimum Gasteiger partial charge on any atom is -0.304 e. The lowest BCUT2D eigenvalue weighted by molar-refractivity contribution is -0.121. The highest BCUT2D eigenvalue weighted by Gasteiger charge is 2.14. The summed E-state index contributed by atoms with van der Waals surface area (Å²) >= 11 is 0. The van der Waals surface area contributed by atoms with Crippen LogP contribution in [0.25, 0.3) is 6.08 Å². The quantitative estimate of drug-likeness (QED) is 0.806. The van der Waals surface area contributed by atoms with E-state index in [0.717, 1.165) is 31.7 Å². The van der Waals surface area contributed by atoms with Gasteiger partial charge in [-0.15, -0.1) is 0 Å². The van der Waals surface area contributed by atoms with Crippen molar-refractivity contribution >= 4 is 12.0 Å². The molecule has 1 fully saturated rings. The van der Waals surface area contributed by atoms with E-state index in [1.54, 1.807) is 6.08 Å². The molecule has 0 radical (unpaired) electrons. The first-order chi connectivity index (χ1) is 8.74. The third-order valence-corrected chi connectivity index (χ3v) is 3.00. The molecule has 0 aliphatic carbocycles. The molecule has 0 bridgehead atoms. The number of hydrogen-bond donors (Lipinski definition) is 1. The molecule has 0 atom stereocenters. The van der Waals surface area contributed by atoms with Gasteiger partial charge in [-0.05, 0) is 18.7 Å². The molecule has 0 spiro atoms. The van der Waals surface area contributed by atoms with Crippen LogP contribution in [0.3, 0.4) is 0 Å². The van der Waals surface area contributed by atoms with E-state index < -0.39 is 0 Å². The molecule has 1 N–H and O–H groups in total. The molecule has 1 aliphatic heterocycles. The Bertz CT molecular complexity index is 408. The first-order valence-electron chi connectivity index (χ1n) is 6.21. The Balaban J connectivity index is 1.80. The van der Waals surface area contributed by atoms with Gasteiger partial charge in [-0.25, -0.2) is 5.01 Å². The molecule has 0 unspecified atom stereocenters. The predicted octanol–water partition coefficient (Wildman–Crippen LogP) is 0.978. The van der Waals surface area contributed by atoms with Gasteiger partial charge in [0.1, 0.15) is 0 Å². The fraction of sp³-hybridized carbons (Fsp3) is 0.357. The number of hydrazine groups is 1. The lowest BCUT2D eigenvalue weighted by Crippen LogP contribution is -2.52. The summed E-state index contributed by atoms with van der Waals surface area (Å²) in [5.41, 5.74) is 3.92. The van der Waals surface area contributed by atoms with E-state index in [1.807, 2.05) is 41.4 Å². The van der Waals surface area contributed by atoms with E-state index in [9.17, 15) is 4.79 Å². The Hall–Kier alpha value is -1.65. The van der Waals surface area contributed by atoms with Crippen LogP contribution in [0.15, 0.2) is 36.4 Å². The van der Waals surface area contributed by atoms with E-state index in [1.165, 1.54) is 0 Å². The first-order valence-corrected chi connectivity index (χ1v) is 6.21. The predicted molar refractivity (Wildman–Crippen MR) is 72.7 cm³/mol. The highest BCUT2D eigenvalue weighted by Crippen LogP contribution is 2.01. The van der Waals surface area contributed by atoms with Crippen molar-refractivity contribution in [2.24, 2.45) is 0 Å². The minimum atomic E-state index is -0.0663. The number of nitrogens with zero attached hydrogens (tertiary/aromatic N) is 2. The smallest absolute Gasteiger partial charge is 0.258 e. The van der Waals surface area contributed by atoms with E-state index in [4.69, 9.17) is 0 Å². The van der Waals surface area contributed by atoms with E-state index >= 15 is 0 Å². The van der Waals surface area contributed by atoms with Crippen LogP contribution < -0.4 is 5.43 Å². The molecule has 0 aromatic heterocycles. The van der Waals surface area contributed by atoms with Crippen molar-refractivity contribution in [3.8, 4) is 0 Å². The van der Waals surface area contributed by atoms with Crippen LogP contribution in [-0.2, 0) is 4.79 Å². The summed E-state index contributed by atoms with van der Waals surface area (Å²) in [7, 11) is 2.09. The fourth-order valence-corrected chi connectivity index (χ4v) is 1.85. The van der Waals surface area contributed by atoms with Crippen LogP contribution in [-0.4, -0.2) is 49.0 Å². The normalized spacial score (nSPS) is 18.1. The Morgan fingerprint density at radius 1 is 1.17 bits per heavy atom. The summed E-state index contributed by atoms with van der Waals surface area (Å²) in [5, 5.41) is 1.97. The van der Waals surface area contributed by atoms with Gasteiger partial charge in [0, 0.05) is 32.3 Å². The number of likely N-dealkylation sites (N-methyl/N-ethyl adjacent to an activating group) is 1. The van der Waals surface area contributed by atoms with Crippen molar-refractivity contribution in [1.82, 2.24) is 15.3 Å². The maximum absolute atomic E-state index is 11.7. The Labute approximate surface area is 108 Å². The van der Waals surface area contributed by atoms with Crippen molar-refractivity contribution in [1.29, 1.82) is 0 Å². The molecule has 4 heteroatoms. The van der Waals surface area contributed by atoms with Crippen molar-refractivity contribution < 1.29 is 4.79 Å². The molecule has 0 saturated carbocycles. The first kappa shape index (κ1) is 12.8. The second-order valence-electron chi connectivity index (χ2n) is 4.51. The Morgan fingerprint density at radius 2 is 1.83 bits per heavy atom. The third-order valence-electron chi connectivity index (χ3n) is 3.00. The van der Waals surface area contributed by atoms with Gasteiger partial charge in [0.2, 0.25) is 0 Å². The number of hydrogen-bond acceptors (Lipinski definition) is 3. The van der Waals surface area contributed by atoms with Crippen molar-refractivity contribution in [3.05, 3.63) is 42.0 Å². The zero-order valence-electron chi connectivity index (χ0n) is 10.7. The van der Waals surface area contributed by atoms with Crippen LogP contribution in [0.1, 0.15) is 5.56 Å². The topological polar surface area (TPSA) is 35.6 Å². The second kappa shape index (κ2) is 6.33. The summed E-state index contributed by atoms with van der Waals surface area (Å²) < 4.78 is 0. The lowest BCUT2D eigenvalue weighted by atomic mass is 10.2. The fourth-order valence-electron chi connectivity index (χ4n) is 1.85. The monoisotopic (exact) mass is 245 g/mol. The Morgan fingerprint density at radius 3 is 2.50 bits per heavy atom. The van der Waals surface area contributed by atoms with Crippen LogP contribution in [0.2, 0.25) is 0 Å². The summed E-state index contributed by atoms with van der Waals surface area (Å²) in [6.45, 7) is 3.73. The number of amides is 1. The highest BCUT2D eigenvalue weighted by atomic mass is 16.2. The second-order valence-corrected chi connectivity index (χ2v) is 4.51. The van der Waals surface area contributed by atoms with Crippen LogP contribution in [0.5, 0.6) is 0 Å². The van der Waals surface area contributed by atoms with E-state index in [-0.39, 0.29) is 5.91 Å². The van der Waals surface area contributed by atoms with Crippen LogP contribution >= 0.6 is 0 Å². The van der Waals surface area contributed by atoms with Crippen molar-refractivity contribution in [3.63, 3.8) is 0 Å². The minimum absolute atomic E-state index is 0.0663. The van der Waals surface area contributed by atoms with Crippen LogP contribution in [0, 0.1) is 0 Å². The molecular formula is C14H19N3O. The maximum Gasteiger partial charge on any atom is 0.258 e. The van der Waals surface area contributed by atoms with E-state index in [0.29, 0.717) is 0 Å². The van der Waals surface area contributed by atoms with Gasteiger partial charge in [-0.2, -0.15) is 0 Å². The number of piperazine rings is 1. The molecule has 1 amide bonds. The Kier molecular flexibility index (Phi) is 4.50. The summed E-state index contributed by atoms with van der Waals surface area (Å²) in [6, 6.07) is 9.82. The molecule has 1 aliphatic rings. The summed E-state index contributed by atoms with van der Waals surface area (Å²) in [4.78, 5) is 14.0. The molecule has 1 aromatic rings. The zero-order chi connectivity index (χ0) is 12.8. The lowest BCUT2D eigenvalue weighted by Gasteiger charge is -2.31. The highest BCUT2D eigenvalue weighted by molar-refractivity contribution is 5.91. The SMILES string of the molecule is CN1CCN(NC(=O)C=Cc2ccccc2)CC1. The molecule has 1 heterocycles. The standard InChI is InChI=1S/C14H19N3O/c1-16-9-11-17(12-10-16)15-14(18)8-7-13-5-3-2-4-6-13/h2-8H,9-12H2,1H3,(H,15,18). The van der Waals surface area contributed by atoms with Gasteiger partial charge >= 0.3 is 0 Å².